The molecular weight excluding hydrogens is 354 g/mol. The number of ether oxygens (including phenoxy) is 1. The van der Waals surface area contributed by atoms with Crippen LogP contribution in [0.1, 0.15) is 51.4 Å². The van der Waals surface area contributed by atoms with Crippen molar-refractivity contribution in [3.8, 4) is 0 Å². The van der Waals surface area contributed by atoms with Crippen LogP contribution in [0.25, 0.3) is 0 Å². The third-order valence-corrected chi connectivity index (χ3v) is 5.98. The molecule has 0 spiro atoms. The molecule has 152 valence electrons. The fraction of sp³-hybridized carbons (Fsp3) is 0.789. The van der Waals surface area contributed by atoms with Crippen molar-refractivity contribution >= 4 is 11.9 Å². The molecule has 0 bridgehead atoms. The normalized spacial score (nSPS) is 32.1. The molecule has 27 heavy (non-hydrogen) atoms. The fourth-order valence-corrected chi connectivity index (χ4v) is 4.53. The number of Topliss-reactive ketones (excluding diaryl/α,β-unsaturated/α-hetero) is 1. The molecule has 0 unspecified atom stereocenters. The van der Waals surface area contributed by atoms with Gasteiger partial charge in [-0.1, -0.05) is 5.57 Å². The first-order chi connectivity index (χ1) is 13.0. The lowest BCUT2D eigenvalue weighted by Gasteiger charge is -2.28. The van der Waals surface area contributed by atoms with E-state index >= 15 is 0 Å². The number of unbranched alkanes of at least 4 members (excludes halogenated alkanes) is 1. The molecule has 3 rings (SSSR count). The molecule has 1 amide bonds. The van der Waals surface area contributed by atoms with Crippen LogP contribution in [0.4, 0.5) is 4.79 Å². The molecule has 0 aromatic heterocycles. The number of fused-ring (bicyclic) bond motifs is 1. The first-order valence-electron chi connectivity index (χ1n) is 9.80. The summed E-state index contributed by atoms with van der Waals surface area (Å²) in [5, 5.41) is 40.0. The van der Waals surface area contributed by atoms with Crippen molar-refractivity contribution in [3.63, 3.8) is 0 Å². The van der Waals surface area contributed by atoms with Gasteiger partial charge in [-0.2, -0.15) is 0 Å². The van der Waals surface area contributed by atoms with Crippen LogP contribution in [0, 0.1) is 0 Å². The fourth-order valence-electron chi connectivity index (χ4n) is 4.53. The number of nitrogens with zero attached hydrogens (tertiary/aromatic N) is 1. The van der Waals surface area contributed by atoms with Gasteiger partial charge in [-0.25, -0.2) is 4.79 Å². The minimum Gasteiger partial charge on any atom is -0.447 e. The molecule has 8 nitrogen and oxygen atoms in total. The largest absolute Gasteiger partial charge is 0.447 e. The number of cyclic esters (lactones) is 1. The summed E-state index contributed by atoms with van der Waals surface area (Å²) in [5.74, 6) is 0.0953. The molecule has 3 aliphatic rings. The zero-order valence-corrected chi connectivity index (χ0v) is 15.4. The Balaban J connectivity index is 1.67. The second kappa shape index (κ2) is 8.68. The van der Waals surface area contributed by atoms with Crippen molar-refractivity contribution in [2.45, 2.75) is 81.8 Å². The summed E-state index contributed by atoms with van der Waals surface area (Å²) >= 11 is 0. The van der Waals surface area contributed by atoms with Crippen LogP contribution in [0.5, 0.6) is 0 Å². The van der Waals surface area contributed by atoms with E-state index in [4.69, 9.17) is 9.84 Å². The summed E-state index contributed by atoms with van der Waals surface area (Å²) in [6, 6.07) is -1.58. The number of aliphatic hydroxyl groups is 4. The highest BCUT2D eigenvalue weighted by molar-refractivity contribution is 5.96. The Morgan fingerprint density at radius 3 is 2.63 bits per heavy atom. The van der Waals surface area contributed by atoms with E-state index in [0.29, 0.717) is 19.3 Å². The lowest BCUT2D eigenvalue weighted by molar-refractivity contribution is -0.116. The highest BCUT2D eigenvalue weighted by Crippen LogP contribution is 2.35. The molecule has 5 atom stereocenters. The van der Waals surface area contributed by atoms with Crippen LogP contribution in [0.15, 0.2) is 11.1 Å². The second-order valence-electron chi connectivity index (χ2n) is 7.67. The van der Waals surface area contributed by atoms with Gasteiger partial charge in [0.2, 0.25) is 0 Å². The van der Waals surface area contributed by atoms with Crippen LogP contribution < -0.4 is 0 Å². The minimum atomic E-state index is -1.24. The van der Waals surface area contributed by atoms with Crippen molar-refractivity contribution in [1.82, 2.24) is 4.90 Å². The first-order valence-corrected chi connectivity index (χ1v) is 9.80. The number of ketones is 1. The number of hydrogen-bond donors (Lipinski definition) is 4. The molecule has 4 N–H and O–H groups in total. The number of aliphatic hydroxyl groups excluding tert-OH is 4. The Morgan fingerprint density at radius 1 is 1.11 bits per heavy atom. The maximum atomic E-state index is 12.4. The van der Waals surface area contributed by atoms with Gasteiger partial charge < -0.3 is 25.2 Å². The molecule has 8 heteroatoms. The molecule has 0 aromatic rings. The van der Waals surface area contributed by atoms with E-state index in [0.717, 1.165) is 36.8 Å². The molecule has 0 saturated carbocycles. The number of allylic oxidation sites excluding steroid dienone is 2. The van der Waals surface area contributed by atoms with Crippen molar-refractivity contribution < 1.29 is 34.8 Å². The molecule has 2 saturated heterocycles. The number of carbonyl (C=O) groups excluding carboxylic acids is 2. The smallest absolute Gasteiger partial charge is 0.410 e. The van der Waals surface area contributed by atoms with Crippen LogP contribution in [-0.4, -0.2) is 80.8 Å². The van der Waals surface area contributed by atoms with Crippen molar-refractivity contribution in [2.75, 3.05) is 13.2 Å². The Kier molecular flexibility index (Phi) is 6.52. The van der Waals surface area contributed by atoms with Crippen molar-refractivity contribution in [2.24, 2.45) is 0 Å². The predicted molar refractivity (Wildman–Crippen MR) is 94.8 cm³/mol. The molecule has 2 fully saturated rings. The topological polar surface area (TPSA) is 128 Å². The molecule has 0 radical (unpaired) electrons. The van der Waals surface area contributed by atoms with Gasteiger partial charge >= 0.3 is 6.09 Å². The first kappa shape index (κ1) is 20.3. The van der Waals surface area contributed by atoms with E-state index in [1.54, 1.807) is 0 Å². The van der Waals surface area contributed by atoms with E-state index in [2.05, 4.69) is 0 Å². The molecular formula is C19H29NO7. The average molecular weight is 383 g/mol. The van der Waals surface area contributed by atoms with Crippen LogP contribution in [-0.2, 0) is 9.53 Å². The van der Waals surface area contributed by atoms with Gasteiger partial charge in [-0.3, -0.25) is 9.69 Å². The highest BCUT2D eigenvalue weighted by atomic mass is 16.6. The Labute approximate surface area is 158 Å². The summed E-state index contributed by atoms with van der Waals surface area (Å²) in [7, 11) is 0. The van der Waals surface area contributed by atoms with Crippen molar-refractivity contribution in [3.05, 3.63) is 11.1 Å². The number of carbonyl (C=O) groups is 2. The quantitative estimate of drug-likeness (QED) is 0.443. The van der Waals surface area contributed by atoms with Crippen LogP contribution >= 0.6 is 0 Å². The van der Waals surface area contributed by atoms with E-state index in [1.807, 2.05) is 0 Å². The van der Waals surface area contributed by atoms with E-state index in [9.17, 15) is 24.9 Å². The zero-order chi connectivity index (χ0) is 19.6. The zero-order valence-electron chi connectivity index (χ0n) is 15.4. The molecule has 2 heterocycles. The van der Waals surface area contributed by atoms with Gasteiger partial charge in [0.1, 0.15) is 18.8 Å². The average Bonchev–Trinajstić information content (AvgIpc) is 3.13. The summed E-state index contributed by atoms with van der Waals surface area (Å²) in [6.07, 6.45) is 0.961. The number of amides is 1. The lowest BCUT2D eigenvalue weighted by Crippen LogP contribution is -2.47. The van der Waals surface area contributed by atoms with Gasteiger partial charge in [0, 0.05) is 13.0 Å². The monoisotopic (exact) mass is 383 g/mol. The predicted octanol–water partition coefficient (Wildman–Crippen LogP) is 0.264. The minimum absolute atomic E-state index is 0.00107. The standard InChI is InChI=1S/C19H29NO7/c21-9-2-1-4-11-5-3-6-14(22)12(11)7-8-15(23)16-18(25)17(24)13-10-27-19(26)20(13)16/h13,15-18,21,23-25H,1-10H2/t13-,15-,16-,17-,18-/m1/s1. The second-order valence-corrected chi connectivity index (χ2v) is 7.67. The Hall–Kier alpha value is -1.48. The van der Waals surface area contributed by atoms with Crippen LogP contribution in [0.3, 0.4) is 0 Å². The molecule has 1 aliphatic carbocycles. The summed E-state index contributed by atoms with van der Waals surface area (Å²) in [4.78, 5) is 25.5. The maximum Gasteiger partial charge on any atom is 0.410 e. The third kappa shape index (κ3) is 4.03. The van der Waals surface area contributed by atoms with Gasteiger partial charge in [-0.05, 0) is 50.5 Å². The van der Waals surface area contributed by atoms with E-state index < -0.39 is 36.5 Å². The number of hydrogen-bond acceptors (Lipinski definition) is 7. The van der Waals surface area contributed by atoms with Gasteiger partial charge in [0.15, 0.2) is 5.78 Å². The third-order valence-electron chi connectivity index (χ3n) is 5.98. The lowest BCUT2D eigenvalue weighted by atomic mass is 9.84. The maximum absolute atomic E-state index is 12.4. The van der Waals surface area contributed by atoms with E-state index in [-0.39, 0.29) is 25.4 Å². The highest BCUT2D eigenvalue weighted by Gasteiger charge is 2.56. The van der Waals surface area contributed by atoms with E-state index in [1.165, 1.54) is 4.90 Å². The summed E-state index contributed by atoms with van der Waals surface area (Å²) in [6.45, 7) is 0.128. The van der Waals surface area contributed by atoms with Gasteiger partial charge in [-0.15, -0.1) is 0 Å². The number of rotatable bonds is 8. The van der Waals surface area contributed by atoms with Crippen LogP contribution in [0.2, 0.25) is 0 Å². The van der Waals surface area contributed by atoms with Gasteiger partial charge in [0.05, 0.1) is 18.2 Å². The Morgan fingerprint density at radius 2 is 1.89 bits per heavy atom. The summed E-state index contributed by atoms with van der Waals surface area (Å²) in [5.41, 5.74) is 1.84. The molecule has 0 aromatic carbocycles. The van der Waals surface area contributed by atoms with Gasteiger partial charge in [0.25, 0.3) is 0 Å². The Bertz CT molecular complexity index is 605. The van der Waals surface area contributed by atoms with Crippen molar-refractivity contribution in [1.29, 1.82) is 0 Å². The molecule has 2 aliphatic heterocycles. The summed E-state index contributed by atoms with van der Waals surface area (Å²) < 4.78 is 4.92. The SMILES string of the molecule is O=C1CCCC(CCCCO)=C1CC[C@@H](O)[C@@H]1[C@@H](O)[C@H](O)[C@H]2COC(=O)N12.